The molecular formula is C20H26N2O4. The minimum atomic E-state index is -0.182. The number of ether oxygens (including phenoxy) is 2. The lowest BCUT2D eigenvalue weighted by Crippen LogP contribution is -2.25. The number of hydrogen-bond acceptors (Lipinski definition) is 5. The molecule has 1 amide bonds. The van der Waals surface area contributed by atoms with Gasteiger partial charge in [-0.2, -0.15) is 0 Å². The Bertz CT molecular complexity index is 735. The Morgan fingerprint density at radius 3 is 2.62 bits per heavy atom. The second kappa shape index (κ2) is 8.76. The maximum atomic E-state index is 12.2. The van der Waals surface area contributed by atoms with Crippen LogP contribution in [0.4, 0.5) is 0 Å². The standard InChI is InChI=1S/C20H26N2O4/c1-24-17-7-5-15(13-19(17)25-2)9-10-21-20(23)18-8-6-16(26-18)14-22-11-3-4-12-22/h5-8,13H,3-4,9-12,14H2,1-2H3,(H,21,23). The quantitative estimate of drug-likeness (QED) is 0.786. The topological polar surface area (TPSA) is 63.9 Å². The van der Waals surface area contributed by atoms with Gasteiger partial charge >= 0.3 is 0 Å². The molecule has 3 rings (SSSR count). The summed E-state index contributed by atoms with van der Waals surface area (Å²) in [7, 11) is 3.22. The van der Waals surface area contributed by atoms with Gasteiger partial charge in [0.15, 0.2) is 17.3 Å². The second-order valence-electron chi connectivity index (χ2n) is 6.44. The van der Waals surface area contributed by atoms with E-state index in [4.69, 9.17) is 13.9 Å². The molecule has 1 aromatic carbocycles. The van der Waals surface area contributed by atoms with Crippen LogP contribution in [0.15, 0.2) is 34.7 Å². The van der Waals surface area contributed by atoms with Gasteiger partial charge in [-0.3, -0.25) is 9.69 Å². The number of methoxy groups -OCH3 is 2. The number of rotatable bonds is 8. The fourth-order valence-electron chi connectivity index (χ4n) is 3.19. The first kappa shape index (κ1) is 18.3. The molecule has 0 radical (unpaired) electrons. The van der Waals surface area contributed by atoms with Crippen LogP contribution in [-0.4, -0.2) is 44.7 Å². The molecule has 6 nitrogen and oxygen atoms in total. The van der Waals surface area contributed by atoms with Crippen LogP contribution in [0.3, 0.4) is 0 Å². The van der Waals surface area contributed by atoms with Crippen molar-refractivity contribution in [3.63, 3.8) is 0 Å². The number of amides is 1. The van der Waals surface area contributed by atoms with Crippen LogP contribution in [0.2, 0.25) is 0 Å². The van der Waals surface area contributed by atoms with Gasteiger partial charge in [0, 0.05) is 6.54 Å². The molecule has 1 N–H and O–H groups in total. The molecule has 1 aromatic heterocycles. The Labute approximate surface area is 154 Å². The summed E-state index contributed by atoms with van der Waals surface area (Å²) in [6.45, 7) is 3.51. The van der Waals surface area contributed by atoms with Crippen LogP contribution >= 0.6 is 0 Å². The molecule has 1 aliphatic rings. The number of furan rings is 1. The van der Waals surface area contributed by atoms with Crippen LogP contribution in [0.1, 0.15) is 34.7 Å². The predicted molar refractivity (Wildman–Crippen MR) is 98.8 cm³/mol. The summed E-state index contributed by atoms with van der Waals surface area (Å²) in [5.41, 5.74) is 1.07. The van der Waals surface area contributed by atoms with Crippen molar-refractivity contribution >= 4 is 5.91 Å². The largest absolute Gasteiger partial charge is 0.493 e. The summed E-state index contributed by atoms with van der Waals surface area (Å²) < 4.78 is 16.2. The van der Waals surface area contributed by atoms with Crippen LogP contribution in [0.25, 0.3) is 0 Å². The first-order chi connectivity index (χ1) is 12.7. The number of benzene rings is 1. The van der Waals surface area contributed by atoms with Gasteiger partial charge in [0.2, 0.25) is 0 Å². The van der Waals surface area contributed by atoms with Crippen molar-refractivity contribution in [2.45, 2.75) is 25.8 Å². The summed E-state index contributed by atoms with van der Waals surface area (Å²) in [5.74, 6) is 2.41. The Balaban J connectivity index is 1.49. The molecule has 26 heavy (non-hydrogen) atoms. The summed E-state index contributed by atoms with van der Waals surface area (Å²) in [5, 5.41) is 2.90. The number of carbonyl (C=O) groups is 1. The van der Waals surface area contributed by atoms with E-state index < -0.39 is 0 Å². The van der Waals surface area contributed by atoms with Crippen molar-refractivity contribution in [1.29, 1.82) is 0 Å². The number of nitrogens with zero attached hydrogens (tertiary/aromatic N) is 1. The fourth-order valence-corrected chi connectivity index (χ4v) is 3.19. The van der Waals surface area contributed by atoms with Crippen LogP contribution < -0.4 is 14.8 Å². The molecule has 0 bridgehead atoms. The molecule has 0 spiro atoms. The summed E-state index contributed by atoms with van der Waals surface area (Å²) >= 11 is 0. The average Bonchev–Trinajstić information content (AvgIpc) is 3.34. The van der Waals surface area contributed by atoms with E-state index in [-0.39, 0.29) is 5.91 Å². The zero-order chi connectivity index (χ0) is 18.4. The lowest BCUT2D eigenvalue weighted by Gasteiger charge is -2.11. The van der Waals surface area contributed by atoms with Gasteiger partial charge in [-0.15, -0.1) is 0 Å². The normalized spacial score (nSPS) is 14.4. The van der Waals surface area contributed by atoms with E-state index in [0.717, 1.165) is 31.0 Å². The Morgan fingerprint density at radius 1 is 1.12 bits per heavy atom. The molecular weight excluding hydrogens is 332 g/mol. The van der Waals surface area contributed by atoms with Crippen molar-refractivity contribution in [2.75, 3.05) is 33.9 Å². The number of hydrogen-bond donors (Lipinski definition) is 1. The van der Waals surface area contributed by atoms with E-state index in [0.29, 0.717) is 30.2 Å². The molecule has 1 aliphatic heterocycles. The molecule has 1 saturated heterocycles. The lowest BCUT2D eigenvalue weighted by molar-refractivity contribution is 0.0923. The smallest absolute Gasteiger partial charge is 0.287 e. The lowest BCUT2D eigenvalue weighted by atomic mass is 10.1. The highest BCUT2D eigenvalue weighted by Crippen LogP contribution is 2.27. The zero-order valence-corrected chi connectivity index (χ0v) is 15.4. The first-order valence-electron chi connectivity index (χ1n) is 9.00. The van der Waals surface area contributed by atoms with Gasteiger partial charge in [-0.05, 0) is 62.2 Å². The maximum Gasteiger partial charge on any atom is 0.287 e. The summed E-state index contributed by atoms with van der Waals surface area (Å²) in [4.78, 5) is 14.6. The highest BCUT2D eigenvalue weighted by atomic mass is 16.5. The molecule has 0 aliphatic carbocycles. The van der Waals surface area contributed by atoms with E-state index in [2.05, 4.69) is 10.2 Å². The van der Waals surface area contributed by atoms with E-state index in [1.807, 2.05) is 24.3 Å². The minimum Gasteiger partial charge on any atom is -0.493 e. The highest BCUT2D eigenvalue weighted by Gasteiger charge is 2.16. The van der Waals surface area contributed by atoms with Gasteiger partial charge in [0.05, 0.1) is 20.8 Å². The van der Waals surface area contributed by atoms with Gasteiger partial charge in [0.25, 0.3) is 5.91 Å². The molecule has 0 saturated carbocycles. The van der Waals surface area contributed by atoms with Gasteiger partial charge in [-0.25, -0.2) is 0 Å². The number of nitrogens with one attached hydrogen (secondary N) is 1. The Kier molecular flexibility index (Phi) is 6.17. The van der Waals surface area contributed by atoms with Crippen molar-refractivity contribution in [1.82, 2.24) is 10.2 Å². The summed E-state index contributed by atoms with van der Waals surface area (Å²) in [6.07, 6.45) is 3.18. The van der Waals surface area contributed by atoms with Gasteiger partial charge in [-0.1, -0.05) is 6.07 Å². The molecule has 2 aromatic rings. The monoisotopic (exact) mass is 358 g/mol. The average molecular weight is 358 g/mol. The predicted octanol–water partition coefficient (Wildman–Crippen LogP) is 2.87. The van der Waals surface area contributed by atoms with Crippen LogP contribution in [0, 0.1) is 0 Å². The zero-order valence-electron chi connectivity index (χ0n) is 15.4. The maximum absolute atomic E-state index is 12.2. The fraction of sp³-hybridized carbons (Fsp3) is 0.450. The van der Waals surface area contributed by atoms with Crippen molar-refractivity contribution < 1.29 is 18.7 Å². The van der Waals surface area contributed by atoms with Crippen molar-refractivity contribution in [3.8, 4) is 11.5 Å². The molecule has 140 valence electrons. The molecule has 0 unspecified atom stereocenters. The van der Waals surface area contributed by atoms with E-state index in [1.54, 1.807) is 20.3 Å². The second-order valence-corrected chi connectivity index (χ2v) is 6.44. The third kappa shape index (κ3) is 4.58. The van der Waals surface area contributed by atoms with Crippen molar-refractivity contribution in [2.24, 2.45) is 0 Å². The van der Waals surface area contributed by atoms with Crippen molar-refractivity contribution in [3.05, 3.63) is 47.4 Å². The molecule has 1 fully saturated rings. The van der Waals surface area contributed by atoms with Crippen LogP contribution in [0.5, 0.6) is 11.5 Å². The van der Waals surface area contributed by atoms with E-state index in [1.165, 1.54) is 12.8 Å². The Morgan fingerprint density at radius 2 is 1.88 bits per heavy atom. The molecule has 0 atom stereocenters. The van der Waals surface area contributed by atoms with Gasteiger partial charge in [0.1, 0.15) is 5.76 Å². The van der Waals surface area contributed by atoms with E-state index >= 15 is 0 Å². The highest BCUT2D eigenvalue weighted by molar-refractivity contribution is 5.91. The first-order valence-corrected chi connectivity index (χ1v) is 9.00. The Hall–Kier alpha value is -2.47. The third-order valence-electron chi connectivity index (χ3n) is 4.61. The number of carbonyl (C=O) groups excluding carboxylic acids is 1. The van der Waals surface area contributed by atoms with Crippen LogP contribution in [-0.2, 0) is 13.0 Å². The summed E-state index contributed by atoms with van der Waals surface area (Å²) in [6, 6.07) is 9.40. The molecule has 6 heteroatoms. The van der Waals surface area contributed by atoms with Gasteiger partial charge < -0.3 is 19.2 Å². The third-order valence-corrected chi connectivity index (χ3v) is 4.61. The SMILES string of the molecule is COc1ccc(CCNC(=O)c2ccc(CN3CCCC3)o2)cc1OC. The molecule has 2 heterocycles. The minimum absolute atomic E-state index is 0.182. The van der Waals surface area contributed by atoms with E-state index in [9.17, 15) is 4.79 Å². The number of likely N-dealkylation sites (tertiary alicyclic amines) is 1.